The number of furan rings is 1. The highest BCUT2D eigenvalue weighted by Gasteiger charge is 2.27. The summed E-state index contributed by atoms with van der Waals surface area (Å²) < 4.78 is 32.2. The topological polar surface area (TPSA) is 74.6 Å². The molecule has 0 radical (unpaired) electrons. The SMILES string of the molecule is CCNCc1ccc(S(=O)(=O)NCCN(CC)C2CC2)o1. The molecule has 0 amide bonds. The number of sulfonamides is 1. The van der Waals surface area contributed by atoms with Crippen molar-refractivity contribution in [2.75, 3.05) is 26.2 Å². The summed E-state index contributed by atoms with van der Waals surface area (Å²) in [4.78, 5) is 2.31. The zero-order valence-electron chi connectivity index (χ0n) is 12.8. The minimum Gasteiger partial charge on any atom is -0.447 e. The van der Waals surface area contributed by atoms with Gasteiger partial charge in [-0.2, -0.15) is 0 Å². The van der Waals surface area contributed by atoms with Gasteiger partial charge in [-0.05, 0) is 38.1 Å². The van der Waals surface area contributed by atoms with Crippen LogP contribution in [0.3, 0.4) is 0 Å². The highest BCUT2D eigenvalue weighted by molar-refractivity contribution is 7.89. The van der Waals surface area contributed by atoms with Gasteiger partial charge in [-0.15, -0.1) is 0 Å². The maximum absolute atomic E-state index is 12.1. The summed E-state index contributed by atoms with van der Waals surface area (Å²) in [6, 6.07) is 3.85. The smallest absolute Gasteiger partial charge is 0.274 e. The van der Waals surface area contributed by atoms with Gasteiger partial charge in [0.05, 0.1) is 6.54 Å². The van der Waals surface area contributed by atoms with Crippen LogP contribution in [0.25, 0.3) is 0 Å². The second-order valence-corrected chi connectivity index (χ2v) is 6.96. The zero-order chi connectivity index (χ0) is 15.3. The molecule has 21 heavy (non-hydrogen) atoms. The minimum atomic E-state index is -3.54. The molecule has 1 aliphatic carbocycles. The van der Waals surface area contributed by atoms with Gasteiger partial charge in [0.25, 0.3) is 10.0 Å². The molecule has 120 valence electrons. The number of hydrogen-bond acceptors (Lipinski definition) is 5. The summed E-state index contributed by atoms with van der Waals surface area (Å²) in [5.41, 5.74) is 0. The lowest BCUT2D eigenvalue weighted by Crippen LogP contribution is -2.36. The number of likely N-dealkylation sites (N-methyl/N-ethyl adjacent to an activating group) is 1. The van der Waals surface area contributed by atoms with E-state index in [4.69, 9.17) is 4.42 Å². The van der Waals surface area contributed by atoms with E-state index in [-0.39, 0.29) is 5.09 Å². The van der Waals surface area contributed by atoms with Crippen LogP contribution in [0.1, 0.15) is 32.4 Å². The number of nitrogens with one attached hydrogen (secondary N) is 2. The van der Waals surface area contributed by atoms with E-state index < -0.39 is 10.0 Å². The molecule has 1 heterocycles. The summed E-state index contributed by atoms with van der Waals surface area (Å²) in [5, 5.41) is 3.09. The Hall–Kier alpha value is -0.890. The molecule has 6 nitrogen and oxygen atoms in total. The quantitative estimate of drug-likeness (QED) is 0.677. The van der Waals surface area contributed by atoms with Gasteiger partial charge in [0.2, 0.25) is 5.09 Å². The van der Waals surface area contributed by atoms with Gasteiger partial charge in [0.15, 0.2) is 0 Å². The lowest BCUT2D eigenvalue weighted by atomic mass is 10.4. The molecule has 0 bridgehead atoms. The molecule has 0 spiro atoms. The van der Waals surface area contributed by atoms with Crippen molar-refractivity contribution in [2.24, 2.45) is 0 Å². The Labute approximate surface area is 126 Å². The van der Waals surface area contributed by atoms with E-state index in [1.165, 1.54) is 18.9 Å². The molecule has 1 fully saturated rings. The van der Waals surface area contributed by atoms with Crippen molar-refractivity contribution < 1.29 is 12.8 Å². The Kier molecular flexibility index (Phi) is 5.80. The summed E-state index contributed by atoms with van der Waals surface area (Å²) >= 11 is 0. The largest absolute Gasteiger partial charge is 0.447 e. The predicted octanol–water partition coefficient (Wildman–Crippen LogP) is 1.15. The van der Waals surface area contributed by atoms with Crippen molar-refractivity contribution in [3.05, 3.63) is 17.9 Å². The Morgan fingerprint density at radius 1 is 1.33 bits per heavy atom. The fraction of sp³-hybridized carbons (Fsp3) is 0.714. The molecule has 2 N–H and O–H groups in total. The summed E-state index contributed by atoms with van der Waals surface area (Å²) in [5.74, 6) is 0.630. The van der Waals surface area contributed by atoms with E-state index in [1.54, 1.807) is 6.07 Å². The van der Waals surface area contributed by atoms with Gasteiger partial charge in [0.1, 0.15) is 5.76 Å². The summed E-state index contributed by atoms with van der Waals surface area (Å²) in [6.07, 6.45) is 2.46. The Balaban J connectivity index is 1.84. The lowest BCUT2D eigenvalue weighted by Gasteiger charge is -2.19. The van der Waals surface area contributed by atoms with Crippen LogP contribution < -0.4 is 10.0 Å². The molecule has 0 aromatic carbocycles. The van der Waals surface area contributed by atoms with E-state index in [0.29, 0.717) is 24.9 Å². The van der Waals surface area contributed by atoms with Gasteiger partial charge in [-0.25, -0.2) is 13.1 Å². The van der Waals surface area contributed by atoms with Crippen LogP contribution in [-0.2, 0) is 16.6 Å². The number of nitrogens with zero attached hydrogens (tertiary/aromatic N) is 1. The average molecular weight is 315 g/mol. The molecule has 0 aliphatic heterocycles. The fourth-order valence-electron chi connectivity index (χ4n) is 2.28. The predicted molar refractivity (Wildman–Crippen MR) is 81.5 cm³/mol. The monoisotopic (exact) mass is 315 g/mol. The summed E-state index contributed by atoms with van der Waals surface area (Å²) in [7, 11) is -3.54. The molecular weight excluding hydrogens is 290 g/mol. The van der Waals surface area contributed by atoms with Crippen molar-refractivity contribution in [2.45, 2.75) is 44.4 Å². The van der Waals surface area contributed by atoms with E-state index in [2.05, 4.69) is 21.9 Å². The van der Waals surface area contributed by atoms with E-state index in [0.717, 1.165) is 19.6 Å². The van der Waals surface area contributed by atoms with Crippen LogP contribution in [0.5, 0.6) is 0 Å². The van der Waals surface area contributed by atoms with Gasteiger partial charge >= 0.3 is 0 Å². The van der Waals surface area contributed by atoms with Crippen molar-refractivity contribution in [3.8, 4) is 0 Å². The molecular formula is C14H25N3O3S. The normalized spacial score (nSPS) is 15.8. The first-order valence-corrected chi connectivity index (χ1v) is 9.08. The molecule has 0 saturated heterocycles. The highest BCUT2D eigenvalue weighted by Crippen LogP contribution is 2.25. The first-order chi connectivity index (χ1) is 10.1. The molecule has 1 aromatic rings. The molecule has 0 unspecified atom stereocenters. The van der Waals surface area contributed by atoms with Crippen molar-refractivity contribution in [1.29, 1.82) is 0 Å². The van der Waals surface area contributed by atoms with Crippen LogP contribution in [0, 0.1) is 0 Å². The third-order valence-corrected chi connectivity index (χ3v) is 4.94. The zero-order valence-corrected chi connectivity index (χ0v) is 13.6. The number of hydrogen-bond donors (Lipinski definition) is 2. The third kappa shape index (κ3) is 4.81. The number of rotatable bonds is 10. The Morgan fingerprint density at radius 3 is 2.71 bits per heavy atom. The molecule has 1 aromatic heterocycles. The molecule has 2 rings (SSSR count). The standard InChI is InChI=1S/C14H25N3O3S/c1-3-15-11-13-7-8-14(20-13)21(18,19)16-9-10-17(4-2)12-5-6-12/h7-8,12,15-16H,3-6,9-11H2,1-2H3. The molecule has 7 heteroatoms. The maximum atomic E-state index is 12.1. The van der Waals surface area contributed by atoms with Gasteiger partial charge in [-0.1, -0.05) is 13.8 Å². The lowest BCUT2D eigenvalue weighted by molar-refractivity contribution is 0.282. The van der Waals surface area contributed by atoms with Gasteiger partial charge < -0.3 is 9.73 Å². The first-order valence-electron chi connectivity index (χ1n) is 7.60. The molecule has 1 saturated carbocycles. The minimum absolute atomic E-state index is 0.00938. The Bertz CT molecular complexity index is 537. The van der Waals surface area contributed by atoms with E-state index in [9.17, 15) is 8.42 Å². The fourth-order valence-corrected chi connectivity index (χ4v) is 3.25. The van der Waals surface area contributed by atoms with Crippen LogP contribution in [-0.4, -0.2) is 45.5 Å². The highest BCUT2D eigenvalue weighted by atomic mass is 32.2. The van der Waals surface area contributed by atoms with Crippen LogP contribution >= 0.6 is 0 Å². The van der Waals surface area contributed by atoms with Crippen LogP contribution in [0.4, 0.5) is 0 Å². The molecule has 0 atom stereocenters. The van der Waals surface area contributed by atoms with Gasteiger partial charge in [-0.3, -0.25) is 4.90 Å². The van der Waals surface area contributed by atoms with Crippen molar-refractivity contribution in [1.82, 2.24) is 14.9 Å². The second kappa shape index (κ2) is 7.40. The first kappa shape index (κ1) is 16.5. The van der Waals surface area contributed by atoms with Gasteiger partial charge in [0, 0.05) is 19.1 Å². The summed E-state index contributed by atoms with van der Waals surface area (Å²) in [6.45, 7) is 7.56. The molecule has 1 aliphatic rings. The van der Waals surface area contributed by atoms with Crippen LogP contribution in [0.15, 0.2) is 21.6 Å². The maximum Gasteiger partial charge on any atom is 0.274 e. The Morgan fingerprint density at radius 2 is 2.10 bits per heavy atom. The van der Waals surface area contributed by atoms with Crippen molar-refractivity contribution in [3.63, 3.8) is 0 Å². The van der Waals surface area contributed by atoms with Crippen molar-refractivity contribution >= 4 is 10.0 Å². The van der Waals surface area contributed by atoms with E-state index >= 15 is 0 Å². The third-order valence-electron chi connectivity index (χ3n) is 3.61. The average Bonchev–Trinajstić information content (AvgIpc) is 3.18. The van der Waals surface area contributed by atoms with E-state index in [1.807, 2.05) is 6.92 Å². The second-order valence-electron chi connectivity index (χ2n) is 5.26. The van der Waals surface area contributed by atoms with Crippen LogP contribution in [0.2, 0.25) is 0 Å².